The summed E-state index contributed by atoms with van der Waals surface area (Å²) in [6.07, 6.45) is 6.04. The molecule has 3 rings (SSSR count). The largest absolute Gasteiger partial charge is 0.484 e. The van der Waals surface area contributed by atoms with Crippen LogP contribution in [-0.2, 0) is 0 Å². The number of hydrogen-bond donors (Lipinski definition) is 1. The predicted octanol–water partition coefficient (Wildman–Crippen LogP) is 5.17. The zero-order valence-electron chi connectivity index (χ0n) is 14.0. The van der Waals surface area contributed by atoms with Gasteiger partial charge in [0.1, 0.15) is 17.7 Å². The average molecular weight is 393 g/mol. The highest BCUT2D eigenvalue weighted by molar-refractivity contribution is 6.36. The van der Waals surface area contributed by atoms with E-state index in [0.717, 1.165) is 11.1 Å². The zero-order chi connectivity index (χ0) is 18.7. The zero-order valence-corrected chi connectivity index (χ0v) is 15.5. The van der Waals surface area contributed by atoms with Gasteiger partial charge in [0, 0.05) is 47.4 Å². The quantitative estimate of drug-likeness (QED) is 0.607. The Morgan fingerprint density at radius 3 is 2.50 bits per heavy atom. The normalized spacial score (nSPS) is 11.9. The van der Waals surface area contributed by atoms with Crippen LogP contribution in [-0.4, -0.2) is 22.0 Å². The molecule has 8 heteroatoms. The van der Waals surface area contributed by atoms with Crippen molar-refractivity contribution >= 4 is 29.2 Å². The number of ether oxygens (including phenoxy) is 1. The van der Waals surface area contributed by atoms with Gasteiger partial charge < -0.3 is 10.1 Å². The second-order valence-electron chi connectivity index (χ2n) is 5.47. The number of aromatic nitrogens is 3. The van der Waals surface area contributed by atoms with Crippen LogP contribution < -0.4 is 10.1 Å². The molecule has 2 aromatic heterocycles. The molecule has 3 aromatic rings. The first-order valence-corrected chi connectivity index (χ1v) is 8.50. The van der Waals surface area contributed by atoms with Crippen molar-refractivity contribution in [3.8, 4) is 16.9 Å². The van der Waals surface area contributed by atoms with Crippen LogP contribution in [0.2, 0.25) is 10.0 Å². The highest BCUT2D eigenvalue weighted by atomic mass is 35.5. The van der Waals surface area contributed by atoms with Crippen molar-refractivity contribution in [1.29, 1.82) is 0 Å². The first kappa shape index (κ1) is 18.4. The molecule has 0 amide bonds. The van der Waals surface area contributed by atoms with Crippen LogP contribution in [0.1, 0.15) is 18.6 Å². The van der Waals surface area contributed by atoms with Gasteiger partial charge in [0.15, 0.2) is 0 Å². The monoisotopic (exact) mass is 392 g/mol. The summed E-state index contributed by atoms with van der Waals surface area (Å²) in [6.45, 7) is 1.74. The summed E-state index contributed by atoms with van der Waals surface area (Å²) in [7, 11) is 1.75. The highest BCUT2D eigenvalue weighted by Crippen LogP contribution is 2.35. The van der Waals surface area contributed by atoms with E-state index in [-0.39, 0.29) is 5.02 Å². The molecular weight excluding hydrogens is 378 g/mol. The van der Waals surface area contributed by atoms with Crippen LogP contribution in [0.3, 0.4) is 0 Å². The van der Waals surface area contributed by atoms with Crippen molar-refractivity contribution in [2.24, 2.45) is 0 Å². The summed E-state index contributed by atoms with van der Waals surface area (Å²) in [6, 6.07) is 4.47. The van der Waals surface area contributed by atoms with Crippen LogP contribution in [0.4, 0.5) is 10.3 Å². The summed E-state index contributed by atoms with van der Waals surface area (Å²) in [5, 5.41) is 3.14. The van der Waals surface area contributed by atoms with E-state index in [2.05, 4.69) is 20.3 Å². The number of rotatable bonds is 5. The number of anilines is 1. The minimum absolute atomic E-state index is 0.0508. The van der Waals surface area contributed by atoms with Crippen LogP contribution in [0.25, 0.3) is 11.1 Å². The Bertz CT molecular complexity index is 922. The fraction of sp³-hybridized carbons (Fsp3) is 0.167. The smallest absolute Gasteiger partial charge is 0.222 e. The van der Waals surface area contributed by atoms with Crippen LogP contribution in [0, 0.1) is 5.82 Å². The fourth-order valence-corrected chi connectivity index (χ4v) is 3.10. The van der Waals surface area contributed by atoms with Gasteiger partial charge in [-0.3, -0.25) is 4.98 Å². The van der Waals surface area contributed by atoms with Crippen molar-refractivity contribution in [3.05, 3.63) is 64.4 Å². The molecule has 0 fully saturated rings. The third-order valence-electron chi connectivity index (χ3n) is 3.72. The van der Waals surface area contributed by atoms with Gasteiger partial charge in [-0.25, -0.2) is 14.4 Å². The van der Waals surface area contributed by atoms with Crippen LogP contribution in [0.5, 0.6) is 5.75 Å². The molecule has 0 radical (unpaired) electrons. The van der Waals surface area contributed by atoms with Crippen molar-refractivity contribution in [2.75, 3.05) is 12.4 Å². The van der Waals surface area contributed by atoms with E-state index < -0.39 is 11.9 Å². The van der Waals surface area contributed by atoms with E-state index in [1.807, 2.05) is 0 Å². The number of halogens is 3. The van der Waals surface area contributed by atoms with Gasteiger partial charge in [0.25, 0.3) is 0 Å². The third kappa shape index (κ3) is 3.86. The molecule has 5 nitrogen and oxygen atoms in total. The van der Waals surface area contributed by atoms with Crippen LogP contribution >= 0.6 is 23.2 Å². The Kier molecular flexibility index (Phi) is 5.54. The molecule has 0 saturated carbocycles. The standard InChI is InChI=1S/C18H15Cl2FN4O/c1-10(16-14(19)3-4-15(21)17(16)20)26-13-5-11(6-23-9-13)12-7-24-18(22-2)25-8-12/h3-10H,1-2H3,(H,22,24,25)/t10-/m0/s1. The molecule has 0 bridgehead atoms. The molecule has 1 atom stereocenters. The average Bonchev–Trinajstić information content (AvgIpc) is 2.65. The minimum Gasteiger partial charge on any atom is -0.484 e. The molecule has 1 N–H and O–H groups in total. The number of benzene rings is 1. The maximum absolute atomic E-state index is 13.7. The second kappa shape index (κ2) is 7.85. The first-order chi connectivity index (χ1) is 12.5. The summed E-state index contributed by atoms with van der Waals surface area (Å²) >= 11 is 12.2. The number of hydrogen-bond acceptors (Lipinski definition) is 5. The van der Waals surface area contributed by atoms with Gasteiger partial charge in [-0.2, -0.15) is 0 Å². The first-order valence-electron chi connectivity index (χ1n) is 7.75. The molecule has 0 spiro atoms. The number of nitrogens with zero attached hydrogens (tertiary/aromatic N) is 3. The van der Waals surface area contributed by atoms with Gasteiger partial charge in [0.05, 0.1) is 11.2 Å². The van der Waals surface area contributed by atoms with Crippen LogP contribution in [0.15, 0.2) is 43.0 Å². The Labute approximate surface area is 160 Å². The van der Waals surface area contributed by atoms with Crippen molar-refractivity contribution in [2.45, 2.75) is 13.0 Å². The summed E-state index contributed by atoms with van der Waals surface area (Å²) in [5.41, 5.74) is 1.96. The van der Waals surface area contributed by atoms with E-state index >= 15 is 0 Å². The van der Waals surface area contributed by atoms with E-state index in [1.54, 1.807) is 44.8 Å². The molecule has 26 heavy (non-hydrogen) atoms. The maximum Gasteiger partial charge on any atom is 0.222 e. The molecule has 0 saturated heterocycles. The fourth-order valence-electron chi connectivity index (χ4n) is 2.43. The van der Waals surface area contributed by atoms with Gasteiger partial charge in [-0.05, 0) is 25.1 Å². The van der Waals surface area contributed by atoms with Crippen molar-refractivity contribution in [1.82, 2.24) is 15.0 Å². The maximum atomic E-state index is 13.7. The number of nitrogens with one attached hydrogen (secondary N) is 1. The Hall–Kier alpha value is -2.44. The number of pyridine rings is 1. The van der Waals surface area contributed by atoms with Crippen molar-refractivity contribution in [3.63, 3.8) is 0 Å². The predicted molar refractivity (Wildman–Crippen MR) is 100 cm³/mol. The van der Waals surface area contributed by atoms with E-state index in [4.69, 9.17) is 27.9 Å². The Balaban J connectivity index is 1.86. The lowest BCUT2D eigenvalue weighted by Gasteiger charge is -2.18. The molecule has 134 valence electrons. The van der Waals surface area contributed by atoms with E-state index in [1.165, 1.54) is 12.1 Å². The second-order valence-corrected chi connectivity index (χ2v) is 6.26. The van der Waals surface area contributed by atoms with Gasteiger partial charge in [-0.1, -0.05) is 23.2 Å². The lowest BCUT2D eigenvalue weighted by atomic mass is 10.1. The summed E-state index contributed by atoms with van der Waals surface area (Å²) in [5.74, 6) is 0.470. The molecule has 0 aliphatic rings. The third-order valence-corrected chi connectivity index (χ3v) is 4.43. The summed E-state index contributed by atoms with van der Waals surface area (Å²) in [4.78, 5) is 12.5. The van der Waals surface area contributed by atoms with E-state index in [0.29, 0.717) is 22.3 Å². The SMILES string of the molecule is CNc1ncc(-c2cncc(O[C@@H](C)c3c(Cl)ccc(F)c3Cl)c2)cn1. The molecule has 2 heterocycles. The van der Waals surface area contributed by atoms with E-state index in [9.17, 15) is 4.39 Å². The highest BCUT2D eigenvalue weighted by Gasteiger charge is 2.19. The summed E-state index contributed by atoms with van der Waals surface area (Å²) < 4.78 is 19.6. The molecular formula is C18H15Cl2FN4O. The topological polar surface area (TPSA) is 59.9 Å². The lowest BCUT2D eigenvalue weighted by Crippen LogP contribution is -2.06. The molecule has 0 aliphatic heterocycles. The molecule has 0 aliphatic carbocycles. The lowest BCUT2D eigenvalue weighted by molar-refractivity contribution is 0.226. The Morgan fingerprint density at radius 2 is 1.81 bits per heavy atom. The van der Waals surface area contributed by atoms with Gasteiger partial charge in [-0.15, -0.1) is 0 Å². The Morgan fingerprint density at radius 1 is 1.08 bits per heavy atom. The molecule has 0 unspecified atom stereocenters. The van der Waals surface area contributed by atoms with Crippen molar-refractivity contribution < 1.29 is 9.13 Å². The molecule has 1 aromatic carbocycles. The van der Waals surface area contributed by atoms with Gasteiger partial charge >= 0.3 is 0 Å². The minimum atomic E-state index is -0.564. The van der Waals surface area contributed by atoms with Gasteiger partial charge in [0.2, 0.25) is 5.95 Å².